The molecule has 0 saturated carbocycles. The van der Waals surface area contributed by atoms with Gasteiger partial charge >= 0.3 is 0 Å². The highest BCUT2D eigenvalue weighted by atomic mass is 32.1. The van der Waals surface area contributed by atoms with Gasteiger partial charge in [0, 0.05) is 12.2 Å². The topological polar surface area (TPSA) is 60.9 Å². The minimum absolute atomic E-state index is 0.0151. The summed E-state index contributed by atoms with van der Waals surface area (Å²) in [5.41, 5.74) is 1.37. The maximum atomic E-state index is 13.7. The van der Waals surface area contributed by atoms with Gasteiger partial charge in [0.25, 0.3) is 5.91 Å². The van der Waals surface area contributed by atoms with Gasteiger partial charge in [0.1, 0.15) is 17.0 Å². The van der Waals surface area contributed by atoms with Crippen LogP contribution in [0.25, 0.3) is 10.2 Å². The summed E-state index contributed by atoms with van der Waals surface area (Å²) in [6.07, 6.45) is 4.02. The Balaban J connectivity index is 1.65. The van der Waals surface area contributed by atoms with Gasteiger partial charge in [0.2, 0.25) is 0 Å². The summed E-state index contributed by atoms with van der Waals surface area (Å²) in [5.74, 6) is 1.35. The Hall–Kier alpha value is -2.64. The summed E-state index contributed by atoms with van der Waals surface area (Å²) >= 11 is 1.50. The normalized spacial score (nSPS) is 15.8. The van der Waals surface area contributed by atoms with Crippen molar-refractivity contribution in [3.8, 4) is 11.5 Å². The van der Waals surface area contributed by atoms with E-state index in [1.807, 2.05) is 49.4 Å². The molecule has 4 rings (SSSR count). The lowest BCUT2D eigenvalue weighted by molar-refractivity contribution is 0.0917. The van der Waals surface area contributed by atoms with Gasteiger partial charge in [-0.1, -0.05) is 36.8 Å². The summed E-state index contributed by atoms with van der Waals surface area (Å²) in [6.45, 7) is 6.50. The minimum atomic E-state index is -0.0987. The molecule has 170 valence electrons. The van der Waals surface area contributed by atoms with Crippen molar-refractivity contribution in [1.82, 2.24) is 4.98 Å². The third-order valence-corrected chi connectivity index (χ3v) is 6.45. The number of rotatable bonds is 10. The number of anilines is 1. The second-order valence-corrected chi connectivity index (χ2v) is 8.82. The predicted octanol–water partition coefficient (Wildman–Crippen LogP) is 5.70. The number of ether oxygens (including phenoxy) is 3. The highest BCUT2D eigenvalue weighted by molar-refractivity contribution is 7.22. The zero-order chi connectivity index (χ0) is 22.3. The maximum Gasteiger partial charge on any atom is 0.260 e. The van der Waals surface area contributed by atoms with Crippen LogP contribution in [0.5, 0.6) is 11.5 Å². The molecular formula is C25H30N2O4S. The van der Waals surface area contributed by atoms with Crippen molar-refractivity contribution >= 4 is 32.6 Å². The van der Waals surface area contributed by atoms with E-state index in [0.29, 0.717) is 36.2 Å². The molecular weight excluding hydrogens is 424 g/mol. The first kappa shape index (κ1) is 22.6. The first-order chi connectivity index (χ1) is 15.7. The van der Waals surface area contributed by atoms with Crippen molar-refractivity contribution < 1.29 is 19.0 Å². The second-order valence-electron chi connectivity index (χ2n) is 7.81. The lowest BCUT2D eigenvalue weighted by atomic mass is 10.1. The number of hydrogen-bond donors (Lipinski definition) is 0. The lowest BCUT2D eigenvalue weighted by Gasteiger charge is -2.23. The first-order valence-corrected chi connectivity index (χ1v) is 12.2. The van der Waals surface area contributed by atoms with E-state index in [4.69, 9.17) is 19.2 Å². The molecule has 7 heteroatoms. The van der Waals surface area contributed by atoms with Crippen LogP contribution in [-0.4, -0.2) is 43.4 Å². The second kappa shape index (κ2) is 10.8. The van der Waals surface area contributed by atoms with E-state index >= 15 is 0 Å². The van der Waals surface area contributed by atoms with E-state index in [2.05, 4.69) is 6.92 Å². The van der Waals surface area contributed by atoms with Crippen LogP contribution in [0.3, 0.4) is 0 Å². The van der Waals surface area contributed by atoms with E-state index < -0.39 is 0 Å². The summed E-state index contributed by atoms with van der Waals surface area (Å²) in [5, 5.41) is 0.657. The van der Waals surface area contributed by atoms with Gasteiger partial charge in [-0.2, -0.15) is 0 Å². The van der Waals surface area contributed by atoms with Crippen LogP contribution in [0, 0.1) is 0 Å². The molecule has 2 aromatic carbocycles. The molecule has 3 aromatic rings. The Morgan fingerprint density at radius 3 is 2.88 bits per heavy atom. The maximum absolute atomic E-state index is 13.7. The van der Waals surface area contributed by atoms with Crippen LogP contribution in [-0.2, 0) is 4.74 Å². The van der Waals surface area contributed by atoms with Crippen LogP contribution in [0.2, 0.25) is 0 Å². The summed E-state index contributed by atoms with van der Waals surface area (Å²) in [4.78, 5) is 20.2. The summed E-state index contributed by atoms with van der Waals surface area (Å²) < 4.78 is 18.4. The first-order valence-electron chi connectivity index (χ1n) is 11.4. The Morgan fingerprint density at radius 1 is 1.22 bits per heavy atom. The molecule has 0 N–H and O–H groups in total. The van der Waals surface area contributed by atoms with E-state index in [9.17, 15) is 4.79 Å². The molecule has 32 heavy (non-hydrogen) atoms. The number of fused-ring (bicyclic) bond motifs is 1. The summed E-state index contributed by atoms with van der Waals surface area (Å²) in [6, 6.07) is 13.3. The van der Waals surface area contributed by atoms with Gasteiger partial charge in [-0.25, -0.2) is 4.98 Å². The molecule has 6 nitrogen and oxygen atoms in total. The average Bonchev–Trinajstić information content (AvgIpc) is 3.48. The van der Waals surface area contributed by atoms with Crippen molar-refractivity contribution in [3.05, 3.63) is 48.0 Å². The van der Waals surface area contributed by atoms with Crippen molar-refractivity contribution in [1.29, 1.82) is 0 Å². The van der Waals surface area contributed by atoms with Gasteiger partial charge in [0.05, 0.1) is 30.6 Å². The summed E-state index contributed by atoms with van der Waals surface area (Å²) in [7, 11) is 0. The molecule has 1 aliphatic heterocycles. The molecule has 1 unspecified atom stereocenters. The molecule has 0 spiro atoms. The molecule has 0 bridgehead atoms. The van der Waals surface area contributed by atoms with Crippen LogP contribution < -0.4 is 14.4 Å². The SMILES string of the molecule is CCCCOc1cccc(C(=O)N(CC2CCCO2)c2nc3c(OCC)cccc3s2)c1. The largest absolute Gasteiger partial charge is 0.494 e. The van der Waals surface area contributed by atoms with Gasteiger partial charge in [-0.15, -0.1) is 0 Å². The highest BCUT2D eigenvalue weighted by Crippen LogP contribution is 2.35. The Kier molecular flexibility index (Phi) is 7.60. The fraction of sp³-hybridized carbons (Fsp3) is 0.440. The third kappa shape index (κ3) is 5.22. The fourth-order valence-corrected chi connectivity index (χ4v) is 4.74. The number of para-hydroxylation sites is 1. The molecule has 1 aromatic heterocycles. The standard InChI is InChI=1S/C25H30N2O4S/c1-3-5-14-30-19-10-6-9-18(16-19)24(28)27(17-20-11-8-15-31-20)25-26-23-21(29-4-2)12-7-13-22(23)32-25/h6-7,9-10,12-13,16,20H,3-5,8,11,14-15,17H2,1-2H3. The van der Waals surface area contributed by atoms with Gasteiger partial charge < -0.3 is 14.2 Å². The van der Waals surface area contributed by atoms with Crippen molar-refractivity contribution in [2.24, 2.45) is 0 Å². The van der Waals surface area contributed by atoms with Crippen LogP contribution in [0.15, 0.2) is 42.5 Å². The Labute approximate surface area is 193 Å². The zero-order valence-corrected chi connectivity index (χ0v) is 19.5. The van der Waals surface area contributed by atoms with Gasteiger partial charge in [-0.05, 0) is 56.5 Å². The van der Waals surface area contributed by atoms with E-state index in [-0.39, 0.29) is 12.0 Å². The molecule has 1 saturated heterocycles. The van der Waals surface area contributed by atoms with Crippen molar-refractivity contribution in [2.45, 2.75) is 45.6 Å². The monoisotopic (exact) mass is 454 g/mol. The number of nitrogens with zero attached hydrogens (tertiary/aromatic N) is 2. The number of aromatic nitrogens is 1. The van der Waals surface area contributed by atoms with Gasteiger partial charge in [-0.3, -0.25) is 9.69 Å². The smallest absolute Gasteiger partial charge is 0.260 e. The number of unbranched alkanes of at least 4 members (excludes halogenated alkanes) is 1. The molecule has 1 amide bonds. The van der Waals surface area contributed by atoms with Crippen molar-refractivity contribution in [3.63, 3.8) is 0 Å². The molecule has 0 aliphatic carbocycles. The third-order valence-electron chi connectivity index (χ3n) is 5.40. The predicted molar refractivity (Wildman–Crippen MR) is 128 cm³/mol. The Morgan fingerprint density at radius 2 is 2.09 bits per heavy atom. The zero-order valence-electron chi connectivity index (χ0n) is 18.7. The Bertz CT molecular complexity index is 1050. The average molecular weight is 455 g/mol. The highest BCUT2D eigenvalue weighted by Gasteiger charge is 2.27. The number of benzene rings is 2. The number of thiazole rings is 1. The van der Waals surface area contributed by atoms with Crippen LogP contribution >= 0.6 is 11.3 Å². The van der Waals surface area contributed by atoms with E-state index in [1.165, 1.54) is 11.3 Å². The minimum Gasteiger partial charge on any atom is -0.494 e. The van der Waals surface area contributed by atoms with E-state index in [1.54, 1.807) is 4.90 Å². The van der Waals surface area contributed by atoms with E-state index in [0.717, 1.165) is 48.3 Å². The fourth-order valence-electron chi connectivity index (χ4n) is 3.75. The molecule has 1 fully saturated rings. The lowest BCUT2D eigenvalue weighted by Crippen LogP contribution is -2.37. The quantitative estimate of drug-likeness (QED) is 0.368. The molecule has 1 aliphatic rings. The molecule has 2 heterocycles. The molecule has 0 radical (unpaired) electrons. The number of carbonyl (C=O) groups excluding carboxylic acids is 1. The van der Waals surface area contributed by atoms with Crippen LogP contribution in [0.4, 0.5) is 5.13 Å². The van der Waals surface area contributed by atoms with Crippen molar-refractivity contribution in [2.75, 3.05) is 31.3 Å². The number of hydrogen-bond acceptors (Lipinski definition) is 6. The number of amides is 1. The number of carbonyl (C=O) groups is 1. The molecule has 1 atom stereocenters. The van der Waals surface area contributed by atoms with Crippen LogP contribution in [0.1, 0.15) is 49.9 Å². The van der Waals surface area contributed by atoms with Gasteiger partial charge in [0.15, 0.2) is 5.13 Å².